The van der Waals surface area contributed by atoms with Crippen molar-refractivity contribution >= 4 is 56.5 Å². The number of nitrogens with zero attached hydrogens (tertiary/aromatic N) is 2. The highest BCUT2D eigenvalue weighted by molar-refractivity contribution is 7.21. The van der Waals surface area contributed by atoms with Crippen molar-refractivity contribution in [2.75, 3.05) is 23.4 Å². The van der Waals surface area contributed by atoms with Gasteiger partial charge in [-0.3, -0.25) is 14.5 Å². The van der Waals surface area contributed by atoms with Gasteiger partial charge >= 0.3 is 6.03 Å². The molecule has 1 aromatic carbocycles. The molecule has 2 aliphatic heterocycles. The molecule has 0 unspecified atom stereocenters. The summed E-state index contributed by atoms with van der Waals surface area (Å²) in [6.07, 6.45) is 7.13. The summed E-state index contributed by atoms with van der Waals surface area (Å²) in [6, 6.07) is 8.47. The van der Waals surface area contributed by atoms with Gasteiger partial charge in [-0.1, -0.05) is 6.58 Å². The molecule has 2 aromatic heterocycles. The predicted molar refractivity (Wildman–Crippen MR) is 149 cm³/mol. The second-order valence-electron chi connectivity index (χ2n) is 9.84. The Bertz CT molecular complexity index is 1430. The molecule has 10 nitrogen and oxygen atoms in total. The number of amides is 4. The highest BCUT2D eigenvalue weighted by Gasteiger charge is 2.35. The van der Waals surface area contributed by atoms with Gasteiger partial charge in [-0.15, -0.1) is 11.3 Å². The molecule has 1 saturated carbocycles. The highest BCUT2D eigenvalue weighted by Crippen LogP contribution is 2.46. The molecule has 11 heteroatoms. The Morgan fingerprint density at radius 1 is 1.10 bits per heavy atom. The lowest BCUT2D eigenvalue weighted by atomic mass is 10.1. The second kappa shape index (κ2) is 10.7. The summed E-state index contributed by atoms with van der Waals surface area (Å²) < 4.78 is 11.5. The van der Waals surface area contributed by atoms with Crippen LogP contribution in [0.4, 0.5) is 21.9 Å². The summed E-state index contributed by atoms with van der Waals surface area (Å²) in [5.41, 5.74) is 1.79. The molecule has 1 aliphatic carbocycles. The Morgan fingerprint density at radius 2 is 1.85 bits per heavy atom. The van der Waals surface area contributed by atoms with E-state index in [2.05, 4.69) is 27.5 Å². The van der Waals surface area contributed by atoms with Crippen molar-refractivity contribution in [2.24, 2.45) is 0 Å². The molecular weight excluding hydrogens is 518 g/mol. The Kier molecular flexibility index (Phi) is 6.92. The molecule has 0 bridgehead atoms. The molecule has 3 N–H and O–H groups in total. The molecule has 202 valence electrons. The van der Waals surface area contributed by atoms with Crippen LogP contribution in [0, 0.1) is 0 Å². The molecule has 6 rings (SSSR count). The van der Waals surface area contributed by atoms with Gasteiger partial charge in [0.25, 0.3) is 5.91 Å². The Labute approximate surface area is 229 Å². The number of carbonyl (C=O) groups is 3. The fourth-order valence-electron chi connectivity index (χ4n) is 5.44. The van der Waals surface area contributed by atoms with Gasteiger partial charge in [-0.2, -0.15) is 0 Å². The van der Waals surface area contributed by atoms with E-state index >= 15 is 0 Å². The molecule has 2 atom stereocenters. The minimum absolute atomic E-state index is 0.124. The van der Waals surface area contributed by atoms with E-state index in [1.54, 1.807) is 17.2 Å². The van der Waals surface area contributed by atoms with Crippen LogP contribution in [-0.2, 0) is 9.53 Å². The first-order valence-corrected chi connectivity index (χ1v) is 13.9. The number of rotatable bonds is 7. The quantitative estimate of drug-likeness (QED) is 0.375. The maximum atomic E-state index is 13.4. The molecule has 3 aliphatic rings. The first kappa shape index (κ1) is 25.3. The van der Waals surface area contributed by atoms with Crippen LogP contribution >= 0.6 is 11.3 Å². The molecule has 0 radical (unpaired) electrons. The number of hydrogen-bond donors (Lipinski definition) is 3. The van der Waals surface area contributed by atoms with Gasteiger partial charge in [0.2, 0.25) is 5.91 Å². The van der Waals surface area contributed by atoms with E-state index in [1.165, 1.54) is 17.4 Å². The van der Waals surface area contributed by atoms with E-state index in [-0.39, 0.29) is 36.0 Å². The van der Waals surface area contributed by atoms with Crippen LogP contribution in [0.3, 0.4) is 0 Å². The fourth-order valence-corrected chi connectivity index (χ4v) is 6.46. The zero-order valence-corrected chi connectivity index (χ0v) is 22.1. The number of pyridine rings is 1. The van der Waals surface area contributed by atoms with Gasteiger partial charge in [0.1, 0.15) is 21.6 Å². The zero-order chi connectivity index (χ0) is 26.9. The topological polar surface area (TPSA) is 122 Å². The van der Waals surface area contributed by atoms with Crippen molar-refractivity contribution in [2.45, 2.75) is 50.3 Å². The minimum atomic E-state index is -0.363. The van der Waals surface area contributed by atoms with Crippen LogP contribution in [0.1, 0.15) is 41.8 Å². The van der Waals surface area contributed by atoms with Crippen LogP contribution < -0.4 is 25.6 Å². The van der Waals surface area contributed by atoms with E-state index in [4.69, 9.17) is 9.47 Å². The average molecular weight is 548 g/mol. The van der Waals surface area contributed by atoms with Crippen LogP contribution in [0.15, 0.2) is 49.2 Å². The maximum absolute atomic E-state index is 13.4. The number of benzene rings is 1. The average Bonchev–Trinajstić information content (AvgIpc) is 3.54. The van der Waals surface area contributed by atoms with Crippen LogP contribution in [0.5, 0.6) is 5.75 Å². The van der Waals surface area contributed by atoms with E-state index in [1.807, 2.05) is 24.3 Å². The molecule has 2 fully saturated rings. The van der Waals surface area contributed by atoms with E-state index in [9.17, 15) is 14.4 Å². The van der Waals surface area contributed by atoms with E-state index < -0.39 is 0 Å². The Morgan fingerprint density at radius 3 is 2.59 bits per heavy atom. The molecular formula is C28H29N5O5S. The summed E-state index contributed by atoms with van der Waals surface area (Å²) in [7, 11) is 0. The number of ether oxygens (including phenoxy) is 2. The lowest BCUT2D eigenvalue weighted by molar-refractivity contribution is -0.117. The number of aromatic nitrogens is 1. The highest BCUT2D eigenvalue weighted by atomic mass is 32.1. The largest absolute Gasteiger partial charge is 0.490 e. The first-order valence-electron chi connectivity index (χ1n) is 13.1. The molecule has 1 saturated heterocycles. The van der Waals surface area contributed by atoms with Gasteiger partial charge in [0.05, 0.1) is 35.7 Å². The molecule has 0 spiro atoms. The van der Waals surface area contributed by atoms with Crippen molar-refractivity contribution < 1.29 is 23.9 Å². The maximum Gasteiger partial charge on any atom is 0.331 e. The van der Waals surface area contributed by atoms with Crippen molar-refractivity contribution in [3.05, 3.63) is 54.1 Å². The van der Waals surface area contributed by atoms with Crippen molar-refractivity contribution in [3.63, 3.8) is 0 Å². The Hall–Kier alpha value is -3.96. The lowest BCUT2D eigenvalue weighted by Crippen LogP contribution is -2.48. The first-order chi connectivity index (χ1) is 19.0. The van der Waals surface area contributed by atoms with Crippen molar-refractivity contribution in [1.29, 1.82) is 0 Å². The van der Waals surface area contributed by atoms with Gasteiger partial charge < -0.3 is 25.4 Å². The number of anilines is 3. The standard InChI is InChI=1S/C28H29N5O5S/c1-2-22(34)30-19-4-3-5-20(19)31-26(35)25-24-23-21(10-13-29-27(23)39-25)33(28(36)32-24)16-6-8-17(9-7-16)38-18-11-14-37-15-12-18/h2,6-10,13,18-20H,1,3-5,11-12,14-15H2,(H,30,34)(H,31,35)(H,32,36)/t19-,20+/m0/s1. The van der Waals surface area contributed by atoms with Crippen molar-refractivity contribution in [3.8, 4) is 5.75 Å². The molecule has 4 amide bonds. The van der Waals surface area contributed by atoms with E-state index in [0.717, 1.165) is 43.2 Å². The number of urea groups is 1. The SMILES string of the molecule is C=CC(=O)N[C@H]1CCC[C@H]1NC(=O)c1sc2nccc3c2c1NC(=O)N3c1ccc(OC2CCOCC2)cc1. The molecule has 3 aromatic rings. The summed E-state index contributed by atoms with van der Waals surface area (Å²) in [5, 5.41) is 9.60. The van der Waals surface area contributed by atoms with Crippen LogP contribution in [0.25, 0.3) is 10.2 Å². The number of thiophene rings is 1. The van der Waals surface area contributed by atoms with E-state index in [0.29, 0.717) is 40.0 Å². The fraction of sp³-hybridized carbons (Fsp3) is 0.357. The third-order valence-electron chi connectivity index (χ3n) is 7.36. The predicted octanol–water partition coefficient (Wildman–Crippen LogP) is 4.49. The molecule has 39 heavy (non-hydrogen) atoms. The normalized spacial score (nSPS) is 20.9. The van der Waals surface area contributed by atoms with Gasteiger partial charge in [-0.05, 0) is 55.7 Å². The summed E-state index contributed by atoms with van der Waals surface area (Å²) in [6.45, 7) is 4.90. The van der Waals surface area contributed by atoms with Crippen molar-refractivity contribution in [1.82, 2.24) is 15.6 Å². The zero-order valence-electron chi connectivity index (χ0n) is 21.3. The van der Waals surface area contributed by atoms with Crippen LogP contribution in [-0.4, -0.2) is 54.2 Å². The summed E-state index contributed by atoms with van der Waals surface area (Å²) in [4.78, 5) is 45.7. The number of nitrogens with one attached hydrogen (secondary N) is 3. The summed E-state index contributed by atoms with van der Waals surface area (Å²) >= 11 is 1.24. The third kappa shape index (κ3) is 4.95. The van der Waals surface area contributed by atoms with Gasteiger partial charge in [0.15, 0.2) is 0 Å². The number of carbonyl (C=O) groups excluding carboxylic acids is 3. The second-order valence-corrected chi connectivity index (χ2v) is 10.8. The van der Waals surface area contributed by atoms with Gasteiger partial charge in [0, 0.05) is 31.1 Å². The smallest absolute Gasteiger partial charge is 0.331 e. The monoisotopic (exact) mass is 547 g/mol. The van der Waals surface area contributed by atoms with Gasteiger partial charge in [-0.25, -0.2) is 9.78 Å². The van der Waals surface area contributed by atoms with Crippen LogP contribution in [0.2, 0.25) is 0 Å². The Balaban J connectivity index is 1.25. The number of hydrogen-bond acceptors (Lipinski definition) is 7. The minimum Gasteiger partial charge on any atom is -0.490 e. The third-order valence-corrected chi connectivity index (χ3v) is 8.46. The molecule has 4 heterocycles. The summed E-state index contributed by atoms with van der Waals surface area (Å²) in [5.74, 6) is 0.183. The lowest BCUT2D eigenvalue weighted by Gasteiger charge is -2.29.